The fourth-order valence-corrected chi connectivity index (χ4v) is 3.40. The monoisotopic (exact) mass is 370 g/mol. The number of benzene rings is 2. The second-order valence-corrected chi connectivity index (χ2v) is 7.14. The quantitative estimate of drug-likeness (QED) is 0.463. The second kappa shape index (κ2) is 12.3. The highest BCUT2D eigenvalue weighted by molar-refractivity contribution is 6.01. The molecule has 4 heteroatoms. The van der Waals surface area contributed by atoms with Gasteiger partial charge in [0.15, 0.2) is 0 Å². The summed E-state index contributed by atoms with van der Waals surface area (Å²) >= 11 is 0. The fraction of sp³-hybridized carbons (Fsp3) is 0.522. The average molecular weight is 371 g/mol. The molecule has 2 amide bonds. The Balaban J connectivity index is 1.82. The summed E-state index contributed by atoms with van der Waals surface area (Å²) in [5, 5.41) is 14.5. The zero-order valence-corrected chi connectivity index (χ0v) is 16.6. The molecular weight excluding hydrogens is 336 g/mol. The van der Waals surface area contributed by atoms with E-state index in [2.05, 4.69) is 12.2 Å². The summed E-state index contributed by atoms with van der Waals surface area (Å²) < 4.78 is 0. The number of amides is 2. The Morgan fingerprint density at radius 1 is 0.889 bits per heavy atom. The highest BCUT2D eigenvalue weighted by Gasteiger charge is 2.13. The molecule has 2 aromatic rings. The van der Waals surface area contributed by atoms with E-state index in [1.54, 1.807) is 4.90 Å². The van der Waals surface area contributed by atoms with Crippen molar-refractivity contribution in [2.75, 3.05) is 25.0 Å². The molecule has 0 fully saturated rings. The van der Waals surface area contributed by atoms with E-state index < -0.39 is 0 Å². The molecule has 0 saturated carbocycles. The van der Waals surface area contributed by atoms with Gasteiger partial charge < -0.3 is 15.3 Å². The Morgan fingerprint density at radius 3 is 2.30 bits per heavy atom. The SMILES string of the molecule is CCCCCCCCCCN(CCO)C(=O)Nc1cccc2ccccc12. The standard InChI is InChI=1S/C23H34N2O2/c1-2-3-4-5-6-7-8-11-17-25(18-19-26)23(27)24-22-16-12-14-20-13-9-10-15-21(20)22/h9-10,12-16,26H,2-8,11,17-19H2,1H3,(H,24,27). The first-order valence-electron chi connectivity index (χ1n) is 10.4. The van der Waals surface area contributed by atoms with E-state index in [0.29, 0.717) is 13.1 Å². The average Bonchev–Trinajstić information content (AvgIpc) is 2.69. The van der Waals surface area contributed by atoms with Crippen molar-refractivity contribution in [3.8, 4) is 0 Å². The normalized spacial score (nSPS) is 10.9. The summed E-state index contributed by atoms with van der Waals surface area (Å²) in [6.45, 7) is 3.28. The van der Waals surface area contributed by atoms with Crippen LogP contribution in [-0.2, 0) is 0 Å². The number of carbonyl (C=O) groups excluding carboxylic acids is 1. The van der Waals surface area contributed by atoms with Gasteiger partial charge in [0, 0.05) is 18.5 Å². The fourth-order valence-electron chi connectivity index (χ4n) is 3.40. The van der Waals surface area contributed by atoms with Crippen LogP contribution in [-0.4, -0.2) is 35.7 Å². The highest BCUT2D eigenvalue weighted by atomic mass is 16.3. The first-order chi connectivity index (χ1) is 13.3. The molecule has 0 aliphatic carbocycles. The molecule has 2 aromatic carbocycles. The molecule has 0 unspecified atom stereocenters. The van der Waals surface area contributed by atoms with Gasteiger partial charge in [0.1, 0.15) is 0 Å². The Labute approximate surface area is 163 Å². The summed E-state index contributed by atoms with van der Waals surface area (Å²) in [5.74, 6) is 0. The lowest BCUT2D eigenvalue weighted by Crippen LogP contribution is -2.37. The van der Waals surface area contributed by atoms with Crippen molar-refractivity contribution in [2.45, 2.75) is 58.3 Å². The number of unbranched alkanes of at least 4 members (excludes halogenated alkanes) is 7. The third kappa shape index (κ3) is 7.22. The summed E-state index contributed by atoms with van der Waals surface area (Å²) in [6.07, 6.45) is 9.88. The minimum atomic E-state index is -0.136. The number of nitrogens with zero attached hydrogens (tertiary/aromatic N) is 1. The van der Waals surface area contributed by atoms with Gasteiger partial charge in [0.2, 0.25) is 0 Å². The van der Waals surface area contributed by atoms with E-state index in [1.165, 1.54) is 38.5 Å². The molecule has 0 aromatic heterocycles. The molecule has 2 N–H and O–H groups in total. The van der Waals surface area contributed by atoms with Crippen LogP contribution in [0.15, 0.2) is 42.5 Å². The molecule has 0 aliphatic heterocycles. The van der Waals surface area contributed by atoms with Crippen LogP contribution in [0.2, 0.25) is 0 Å². The maximum absolute atomic E-state index is 12.7. The minimum absolute atomic E-state index is 0.0139. The molecule has 0 bridgehead atoms. The molecule has 2 rings (SSSR count). The number of hydrogen-bond acceptors (Lipinski definition) is 2. The summed E-state index contributed by atoms with van der Waals surface area (Å²) in [4.78, 5) is 14.4. The van der Waals surface area contributed by atoms with Crippen molar-refractivity contribution in [3.05, 3.63) is 42.5 Å². The molecule has 0 saturated heterocycles. The van der Waals surface area contributed by atoms with Gasteiger partial charge in [0.05, 0.1) is 12.3 Å². The van der Waals surface area contributed by atoms with Gasteiger partial charge in [0.25, 0.3) is 0 Å². The maximum Gasteiger partial charge on any atom is 0.321 e. The third-order valence-corrected chi connectivity index (χ3v) is 4.97. The van der Waals surface area contributed by atoms with Gasteiger partial charge in [-0.3, -0.25) is 0 Å². The number of aliphatic hydroxyl groups is 1. The lowest BCUT2D eigenvalue weighted by Gasteiger charge is -2.22. The Bertz CT molecular complexity index is 682. The number of fused-ring (bicyclic) bond motifs is 1. The van der Waals surface area contributed by atoms with Crippen LogP contribution in [0.3, 0.4) is 0 Å². The van der Waals surface area contributed by atoms with Crippen molar-refractivity contribution in [2.24, 2.45) is 0 Å². The second-order valence-electron chi connectivity index (χ2n) is 7.14. The zero-order valence-electron chi connectivity index (χ0n) is 16.6. The van der Waals surface area contributed by atoms with Crippen molar-refractivity contribution in [3.63, 3.8) is 0 Å². The highest BCUT2D eigenvalue weighted by Crippen LogP contribution is 2.23. The van der Waals surface area contributed by atoms with Crippen molar-refractivity contribution in [1.82, 2.24) is 4.90 Å². The molecule has 0 radical (unpaired) electrons. The number of carbonyl (C=O) groups is 1. The Hall–Kier alpha value is -2.07. The number of urea groups is 1. The lowest BCUT2D eigenvalue weighted by atomic mass is 10.1. The largest absolute Gasteiger partial charge is 0.395 e. The van der Waals surface area contributed by atoms with Gasteiger partial charge in [-0.1, -0.05) is 88.3 Å². The number of rotatable bonds is 12. The maximum atomic E-state index is 12.7. The van der Waals surface area contributed by atoms with Gasteiger partial charge in [-0.25, -0.2) is 4.79 Å². The van der Waals surface area contributed by atoms with Crippen LogP contribution in [0.4, 0.5) is 10.5 Å². The number of hydrogen-bond donors (Lipinski definition) is 2. The molecule has 4 nitrogen and oxygen atoms in total. The first-order valence-corrected chi connectivity index (χ1v) is 10.4. The van der Waals surface area contributed by atoms with E-state index in [-0.39, 0.29) is 12.6 Å². The van der Waals surface area contributed by atoms with Crippen LogP contribution < -0.4 is 5.32 Å². The van der Waals surface area contributed by atoms with Crippen molar-refractivity contribution in [1.29, 1.82) is 0 Å². The third-order valence-electron chi connectivity index (χ3n) is 4.97. The zero-order chi connectivity index (χ0) is 19.3. The van der Waals surface area contributed by atoms with E-state index in [9.17, 15) is 9.90 Å². The van der Waals surface area contributed by atoms with Gasteiger partial charge in [-0.2, -0.15) is 0 Å². The number of nitrogens with one attached hydrogen (secondary N) is 1. The Kier molecular flexibility index (Phi) is 9.70. The molecule has 27 heavy (non-hydrogen) atoms. The topological polar surface area (TPSA) is 52.6 Å². The predicted molar refractivity (Wildman–Crippen MR) is 114 cm³/mol. The van der Waals surface area contributed by atoms with Crippen LogP contribution in [0.25, 0.3) is 10.8 Å². The lowest BCUT2D eigenvalue weighted by molar-refractivity contribution is 0.187. The Morgan fingerprint density at radius 2 is 1.56 bits per heavy atom. The molecule has 0 heterocycles. The van der Waals surface area contributed by atoms with E-state index >= 15 is 0 Å². The van der Waals surface area contributed by atoms with Gasteiger partial charge in [-0.05, 0) is 17.9 Å². The van der Waals surface area contributed by atoms with Crippen LogP contribution >= 0.6 is 0 Å². The van der Waals surface area contributed by atoms with E-state index in [4.69, 9.17) is 0 Å². The molecule has 0 aliphatic rings. The summed E-state index contributed by atoms with van der Waals surface area (Å²) in [7, 11) is 0. The summed E-state index contributed by atoms with van der Waals surface area (Å²) in [5.41, 5.74) is 0.817. The van der Waals surface area contributed by atoms with E-state index in [1.807, 2.05) is 42.5 Å². The number of aliphatic hydroxyl groups excluding tert-OH is 1. The minimum Gasteiger partial charge on any atom is -0.395 e. The molecule has 148 valence electrons. The molecular formula is C23H34N2O2. The predicted octanol–water partition coefficient (Wildman–Crippen LogP) is 5.81. The van der Waals surface area contributed by atoms with Gasteiger partial charge >= 0.3 is 6.03 Å². The summed E-state index contributed by atoms with van der Waals surface area (Å²) in [6, 6.07) is 13.8. The molecule has 0 spiro atoms. The van der Waals surface area contributed by atoms with Crippen LogP contribution in [0.1, 0.15) is 58.3 Å². The van der Waals surface area contributed by atoms with Gasteiger partial charge in [-0.15, -0.1) is 0 Å². The number of anilines is 1. The van der Waals surface area contributed by atoms with Crippen LogP contribution in [0.5, 0.6) is 0 Å². The molecule has 0 atom stereocenters. The van der Waals surface area contributed by atoms with Crippen molar-refractivity contribution >= 4 is 22.5 Å². The smallest absolute Gasteiger partial charge is 0.321 e. The van der Waals surface area contributed by atoms with E-state index in [0.717, 1.165) is 29.3 Å². The van der Waals surface area contributed by atoms with Crippen LogP contribution in [0, 0.1) is 0 Å². The first kappa shape index (κ1) is 21.2. The van der Waals surface area contributed by atoms with Crippen molar-refractivity contribution < 1.29 is 9.90 Å².